The number of carbonyl (C=O) groups is 3. The zero-order chi connectivity index (χ0) is 23.7. The third-order valence-electron chi connectivity index (χ3n) is 6.03. The Morgan fingerprint density at radius 1 is 1.28 bits per heavy atom. The lowest BCUT2D eigenvalue weighted by Gasteiger charge is -2.49. The summed E-state index contributed by atoms with van der Waals surface area (Å²) in [5.41, 5.74) is 2.27. The minimum absolute atomic E-state index is 0.0920. The third-order valence-corrected chi connectivity index (χ3v) is 6.03. The van der Waals surface area contributed by atoms with E-state index in [9.17, 15) is 14.4 Å². The number of aryl methyl sites for hydroxylation is 1. The zero-order valence-electron chi connectivity index (χ0n) is 20.0. The molecule has 2 rings (SSSR count). The molecule has 1 heterocycles. The highest BCUT2D eigenvalue weighted by Gasteiger charge is 2.42. The molecular weight excluding hydrogens is 406 g/mol. The van der Waals surface area contributed by atoms with Gasteiger partial charge in [0, 0.05) is 26.7 Å². The van der Waals surface area contributed by atoms with Gasteiger partial charge < -0.3 is 15.1 Å². The molecule has 1 aromatic carbocycles. The second-order valence-electron chi connectivity index (χ2n) is 8.19. The summed E-state index contributed by atoms with van der Waals surface area (Å²) in [6.07, 6.45) is 3.72. The monoisotopic (exact) mass is 443 g/mol. The number of piperazine rings is 1. The predicted octanol–water partition coefficient (Wildman–Crippen LogP) is 2.48. The Morgan fingerprint density at radius 2 is 1.97 bits per heavy atom. The van der Waals surface area contributed by atoms with E-state index < -0.39 is 12.2 Å². The highest BCUT2D eigenvalue weighted by molar-refractivity contribution is 5.85. The maximum Gasteiger partial charge on any atom is 0.334 e. The molecule has 1 aromatic rings. The predicted molar refractivity (Wildman–Crippen MR) is 125 cm³/mol. The summed E-state index contributed by atoms with van der Waals surface area (Å²) in [6, 6.07) is 9.22. The standard InChI is InChI=1S/C24H37N5O3/c1-6-19(3)16-25-24(32)29(26(5)7-2)22-17-27(23(31)20(4)28(22)18-30)15-11-14-21-12-9-8-10-13-21/h6,8-10,12-13,18,20,22H,7,11,14-17H2,1-5H3,(H,25,32)/b19-6+/t20-,22?/m0/s1. The summed E-state index contributed by atoms with van der Waals surface area (Å²) in [7, 11) is 1.81. The highest BCUT2D eigenvalue weighted by Crippen LogP contribution is 2.21. The molecule has 0 radical (unpaired) electrons. The Labute approximate surface area is 191 Å². The zero-order valence-corrected chi connectivity index (χ0v) is 20.0. The van der Waals surface area contributed by atoms with E-state index in [-0.39, 0.29) is 18.5 Å². The van der Waals surface area contributed by atoms with Gasteiger partial charge in [-0.05, 0) is 39.2 Å². The molecule has 1 saturated heterocycles. The van der Waals surface area contributed by atoms with Crippen molar-refractivity contribution in [3.05, 3.63) is 47.5 Å². The fraction of sp³-hybridized carbons (Fsp3) is 0.542. The average Bonchev–Trinajstić information content (AvgIpc) is 2.81. The van der Waals surface area contributed by atoms with Gasteiger partial charge in [0.05, 0.1) is 6.54 Å². The summed E-state index contributed by atoms with van der Waals surface area (Å²) >= 11 is 0. The molecule has 0 aromatic heterocycles. The van der Waals surface area contributed by atoms with Crippen LogP contribution in [0.4, 0.5) is 4.79 Å². The largest absolute Gasteiger partial charge is 0.337 e. The van der Waals surface area contributed by atoms with Crippen LogP contribution in [0.2, 0.25) is 0 Å². The molecule has 1 N–H and O–H groups in total. The van der Waals surface area contributed by atoms with Crippen molar-refractivity contribution in [1.82, 2.24) is 25.1 Å². The SMILES string of the molecule is C/C=C(\C)CNC(=O)N(C1CN(CCCc2ccccc2)C(=O)[C@H](C)N1C=O)N(C)CC. The topological polar surface area (TPSA) is 76.2 Å². The van der Waals surface area contributed by atoms with Crippen molar-refractivity contribution < 1.29 is 14.4 Å². The number of carbonyl (C=O) groups excluding carboxylic acids is 3. The summed E-state index contributed by atoms with van der Waals surface area (Å²) in [5.74, 6) is -0.0920. The molecule has 8 nitrogen and oxygen atoms in total. The molecule has 0 bridgehead atoms. The van der Waals surface area contributed by atoms with Gasteiger partial charge in [0.15, 0.2) is 0 Å². The number of amides is 4. The molecule has 4 amide bonds. The molecular formula is C24H37N5O3. The third kappa shape index (κ3) is 6.32. The van der Waals surface area contributed by atoms with Gasteiger partial charge in [-0.1, -0.05) is 48.9 Å². The van der Waals surface area contributed by atoms with E-state index in [2.05, 4.69) is 17.4 Å². The van der Waals surface area contributed by atoms with E-state index in [0.717, 1.165) is 18.4 Å². The highest BCUT2D eigenvalue weighted by atomic mass is 16.2. The van der Waals surface area contributed by atoms with Crippen LogP contribution in [-0.4, -0.2) is 83.6 Å². The van der Waals surface area contributed by atoms with Crippen LogP contribution in [0.25, 0.3) is 0 Å². The van der Waals surface area contributed by atoms with Gasteiger partial charge in [-0.2, -0.15) is 0 Å². The first kappa shape index (κ1) is 25.4. The number of rotatable bonds is 10. The first-order chi connectivity index (χ1) is 15.3. The van der Waals surface area contributed by atoms with Gasteiger partial charge in [-0.25, -0.2) is 14.8 Å². The number of nitrogens with zero attached hydrogens (tertiary/aromatic N) is 4. The molecule has 1 aliphatic rings. The number of hydrazine groups is 1. The lowest BCUT2D eigenvalue weighted by molar-refractivity contribution is -0.163. The lowest BCUT2D eigenvalue weighted by atomic mass is 10.1. The number of allylic oxidation sites excluding steroid dienone is 1. The molecule has 0 spiro atoms. The lowest BCUT2D eigenvalue weighted by Crippen LogP contribution is -2.69. The summed E-state index contributed by atoms with van der Waals surface area (Å²) in [6.45, 7) is 9.38. The quantitative estimate of drug-likeness (QED) is 0.342. The Bertz CT molecular complexity index is 798. The first-order valence-electron chi connectivity index (χ1n) is 11.3. The smallest absolute Gasteiger partial charge is 0.334 e. The molecule has 1 fully saturated rings. The molecule has 176 valence electrons. The Kier molecular flexibility index (Phi) is 9.71. The Balaban J connectivity index is 2.18. The average molecular weight is 444 g/mol. The maximum atomic E-state index is 13.1. The van der Waals surface area contributed by atoms with Crippen molar-refractivity contribution in [3.8, 4) is 0 Å². The van der Waals surface area contributed by atoms with E-state index >= 15 is 0 Å². The van der Waals surface area contributed by atoms with Crippen molar-refractivity contribution in [3.63, 3.8) is 0 Å². The molecule has 1 aliphatic heterocycles. The fourth-order valence-electron chi connectivity index (χ4n) is 3.78. The number of urea groups is 1. The van der Waals surface area contributed by atoms with Gasteiger partial charge in [0.1, 0.15) is 12.2 Å². The van der Waals surface area contributed by atoms with Crippen LogP contribution in [0.5, 0.6) is 0 Å². The maximum absolute atomic E-state index is 13.1. The van der Waals surface area contributed by atoms with E-state index in [1.165, 1.54) is 10.5 Å². The van der Waals surface area contributed by atoms with E-state index in [0.29, 0.717) is 26.0 Å². The van der Waals surface area contributed by atoms with Gasteiger partial charge in [0.2, 0.25) is 12.3 Å². The molecule has 2 atom stereocenters. The minimum atomic E-state index is -0.638. The van der Waals surface area contributed by atoms with Crippen LogP contribution in [0.1, 0.15) is 39.7 Å². The number of nitrogens with one attached hydrogen (secondary N) is 1. The molecule has 1 unspecified atom stereocenters. The second-order valence-corrected chi connectivity index (χ2v) is 8.19. The number of hydrogen-bond acceptors (Lipinski definition) is 4. The minimum Gasteiger partial charge on any atom is -0.337 e. The Morgan fingerprint density at radius 3 is 2.56 bits per heavy atom. The van der Waals surface area contributed by atoms with Crippen molar-refractivity contribution >= 4 is 18.3 Å². The van der Waals surface area contributed by atoms with E-state index in [1.54, 1.807) is 21.8 Å². The summed E-state index contributed by atoms with van der Waals surface area (Å²) < 4.78 is 0. The van der Waals surface area contributed by atoms with Gasteiger partial charge in [-0.3, -0.25) is 9.59 Å². The fourth-order valence-corrected chi connectivity index (χ4v) is 3.78. The van der Waals surface area contributed by atoms with Gasteiger partial charge >= 0.3 is 6.03 Å². The van der Waals surface area contributed by atoms with Gasteiger partial charge in [0.25, 0.3) is 0 Å². The molecule has 0 saturated carbocycles. The van der Waals surface area contributed by atoms with Crippen LogP contribution in [0.3, 0.4) is 0 Å². The van der Waals surface area contributed by atoms with Crippen LogP contribution in [-0.2, 0) is 16.0 Å². The normalized spacial score (nSPS) is 19.3. The summed E-state index contributed by atoms with van der Waals surface area (Å²) in [4.78, 5) is 41.2. The van der Waals surface area contributed by atoms with Crippen LogP contribution in [0.15, 0.2) is 42.0 Å². The number of hydrogen-bond donors (Lipinski definition) is 1. The van der Waals surface area contributed by atoms with Gasteiger partial charge in [-0.15, -0.1) is 0 Å². The first-order valence-corrected chi connectivity index (χ1v) is 11.3. The second kappa shape index (κ2) is 12.2. The Hall–Kier alpha value is -2.87. The van der Waals surface area contributed by atoms with E-state index in [1.807, 2.05) is 52.1 Å². The summed E-state index contributed by atoms with van der Waals surface area (Å²) in [5, 5.41) is 6.27. The van der Waals surface area contributed by atoms with Crippen molar-refractivity contribution in [2.75, 3.05) is 33.2 Å². The van der Waals surface area contributed by atoms with Crippen LogP contribution in [0, 0.1) is 0 Å². The molecule has 8 heteroatoms. The van der Waals surface area contributed by atoms with Crippen LogP contribution >= 0.6 is 0 Å². The number of benzene rings is 1. The molecule has 32 heavy (non-hydrogen) atoms. The van der Waals surface area contributed by atoms with Crippen LogP contribution < -0.4 is 5.32 Å². The van der Waals surface area contributed by atoms with Crippen molar-refractivity contribution in [2.24, 2.45) is 0 Å². The van der Waals surface area contributed by atoms with Crippen molar-refractivity contribution in [1.29, 1.82) is 0 Å². The molecule has 0 aliphatic carbocycles. The van der Waals surface area contributed by atoms with Crippen molar-refractivity contribution in [2.45, 2.75) is 52.7 Å². The van der Waals surface area contributed by atoms with E-state index in [4.69, 9.17) is 0 Å².